The molecule has 138 valence electrons. The standard InChI is InChI=1S/C21H23N5O/c1-2-6-17(7-3-1)10-13-26-14-15-27-19(16-26)18-8-4-9-20(24-18)25-21-22-11-5-12-23-21/h1-9,11-12,19H,10,13-16H2,(H,22,23,24,25)/t19-/m1/s1. The van der Waals surface area contributed by atoms with Gasteiger partial charge in [0.2, 0.25) is 5.95 Å². The van der Waals surface area contributed by atoms with Gasteiger partial charge in [-0.1, -0.05) is 36.4 Å². The fraction of sp³-hybridized carbons (Fsp3) is 0.286. The number of morpholine rings is 1. The van der Waals surface area contributed by atoms with Crippen molar-refractivity contribution in [1.82, 2.24) is 19.9 Å². The molecule has 0 aliphatic carbocycles. The Morgan fingerprint density at radius 1 is 1.00 bits per heavy atom. The van der Waals surface area contributed by atoms with E-state index in [-0.39, 0.29) is 6.10 Å². The molecule has 1 aliphatic rings. The maximum absolute atomic E-state index is 5.99. The van der Waals surface area contributed by atoms with Crippen LogP contribution in [-0.2, 0) is 11.2 Å². The van der Waals surface area contributed by atoms with Crippen LogP contribution < -0.4 is 5.32 Å². The third-order valence-corrected chi connectivity index (χ3v) is 4.62. The van der Waals surface area contributed by atoms with Gasteiger partial charge in [-0.15, -0.1) is 0 Å². The van der Waals surface area contributed by atoms with E-state index in [9.17, 15) is 0 Å². The number of hydrogen-bond acceptors (Lipinski definition) is 6. The van der Waals surface area contributed by atoms with Gasteiger partial charge in [0.1, 0.15) is 11.9 Å². The van der Waals surface area contributed by atoms with Crippen LogP contribution in [0.4, 0.5) is 11.8 Å². The molecule has 0 bridgehead atoms. The zero-order valence-electron chi connectivity index (χ0n) is 15.2. The Labute approximate surface area is 159 Å². The van der Waals surface area contributed by atoms with Crippen LogP contribution in [-0.4, -0.2) is 46.1 Å². The van der Waals surface area contributed by atoms with Crippen molar-refractivity contribution in [2.45, 2.75) is 12.5 Å². The summed E-state index contributed by atoms with van der Waals surface area (Å²) in [5.74, 6) is 1.26. The second kappa shape index (κ2) is 8.70. The molecule has 0 spiro atoms. The lowest BCUT2D eigenvalue weighted by molar-refractivity contribution is -0.0315. The molecular weight excluding hydrogens is 338 g/mol. The summed E-state index contributed by atoms with van der Waals surface area (Å²) in [6, 6.07) is 18.3. The maximum atomic E-state index is 5.99. The van der Waals surface area contributed by atoms with Crippen molar-refractivity contribution < 1.29 is 4.74 Å². The molecule has 3 aromatic rings. The van der Waals surface area contributed by atoms with Gasteiger partial charge in [-0.3, -0.25) is 4.90 Å². The topological polar surface area (TPSA) is 63.2 Å². The Bertz CT molecular complexity index is 843. The minimum absolute atomic E-state index is 0.0204. The summed E-state index contributed by atoms with van der Waals surface area (Å²) >= 11 is 0. The smallest absolute Gasteiger partial charge is 0.228 e. The highest BCUT2D eigenvalue weighted by Gasteiger charge is 2.23. The van der Waals surface area contributed by atoms with Gasteiger partial charge in [0.15, 0.2) is 0 Å². The van der Waals surface area contributed by atoms with Crippen LogP contribution in [0.5, 0.6) is 0 Å². The lowest BCUT2D eigenvalue weighted by Gasteiger charge is -2.32. The number of ether oxygens (including phenoxy) is 1. The van der Waals surface area contributed by atoms with Gasteiger partial charge in [-0.2, -0.15) is 0 Å². The van der Waals surface area contributed by atoms with Crippen LogP contribution in [0, 0.1) is 0 Å². The molecule has 3 heterocycles. The van der Waals surface area contributed by atoms with E-state index in [1.165, 1.54) is 5.56 Å². The molecule has 0 radical (unpaired) electrons. The molecule has 4 rings (SSSR count). The summed E-state index contributed by atoms with van der Waals surface area (Å²) in [6.45, 7) is 3.56. The summed E-state index contributed by atoms with van der Waals surface area (Å²) < 4.78 is 5.99. The highest BCUT2D eigenvalue weighted by Crippen LogP contribution is 2.22. The second-order valence-electron chi connectivity index (χ2n) is 6.54. The van der Waals surface area contributed by atoms with Crippen LogP contribution in [0.2, 0.25) is 0 Å². The quantitative estimate of drug-likeness (QED) is 0.727. The van der Waals surface area contributed by atoms with E-state index < -0.39 is 0 Å². The first kappa shape index (κ1) is 17.6. The number of anilines is 2. The van der Waals surface area contributed by atoms with Crippen molar-refractivity contribution in [3.05, 3.63) is 78.2 Å². The van der Waals surface area contributed by atoms with Crippen molar-refractivity contribution in [3.63, 3.8) is 0 Å². The van der Waals surface area contributed by atoms with Gasteiger partial charge in [-0.25, -0.2) is 15.0 Å². The third-order valence-electron chi connectivity index (χ3n) is 4.62. The fourth-order valence-corrected chi connectivity index (χ4v) is 3.20. The van der Waals surface area contributed by atoms with Gasteiger partial charge < -0.3 is 10.1 Å². The first-order valence-corrected chi connectivity index (χ1v) is 9.26. The van der Waals surface area contributed by atoms with Crippen LogP contribution in [0.3, 0.4) is 0 Å². The van der Waals surface area contributed by atoms with Crippen molar-refractivity contribution in [2.24, 2.45) is 0 Å². The van der Waals surface area contributed by atoms with Gasteiger partial charge in [0, 0.05) is 32.0 Å². The molecule has 0 saturated carbocycles. The average Bonchev–Trinajstić information content (AvgIpc) is 2.74. The maximum Gasteiger partial charge on any atom is 0.228 e. The molecule has 1 N–H and O–H groups in total. The Hall–Kier alpha value is -2.83. The average molecular weight is 361 g/mol. The van der Waals surface area contributed by atoms with Crippen LogP contribution in [0.15, 0.2) is 67.0 Å². The molecule has 27 heavy (non-hydrogen) atoms. The lowest BCUT2D eigenvalue weighted by Crippen LogP contribution is -2.39. The molecule has 2 aromatic heterocycles. The normalized spacial score (nSPS) is 17.6. The predicted octanol–water partition coefficient (Wildman–Crippen LogP) is 3.23. The van der Waals surface area contributed by atoms with Crippen molar-refractivity contribution in [2.75, 3.05) is 31.6 Å². The molecule has 6 heteroatoms. The first-order chi connectivity index (χ1) is 13.4. The van der Waals surface area contributed by atoms with Crippen LogP contribution >= 0.6 is 0 Å². The van der Waals surface area contributed by atoms with E-state index in [1.807, 2.05) is 18.2 Å². The molecule has 1 atom stereocenters. The van der Waals surface area contributed by atoms with Crippen molar-refractivity contribution in [3.8, 4) is 0 Å². The summed E-state index contributed by atoms with van der Waals surface area (Å²) in [5.41, 5.74) is 2.30. The summed E-state index contributed by atoms with van der Waals surface area (Å²) in [7, 11) is 0. The zero-order chi connectivity index (χ0) is 18.3. The zero-order valence-corrected chi connectivity index (χ0v) is 15.2. The predicted molar refractivity (Wildman–Crippen MR) is 105 cm³/mol. The number of pyridine rings is 1. The molecule has 0 unspecified atom stereocenters. The number of benzene rings is 1. The largest absolute Gasteiger partial charge is 0.369 e. The Kier molecular flexibility index (Phi) is 5.67. The van der Waals surface area contributed by atoms with Crippen molar-refractivity contribution >= 4 is 11.8 Å². The summed E-state index contributed by atoms with van der Waals surface area (Å²) in [6.07, 6.45) is 4.43. The Balaban J connectivity index is 1.38. The van der Waals surface area contributed by atoms with Crippen LogP contribution in [0.1, 0.15) is 17.4 Å². The fourth-order valence-electron chi connectivity index (χ4n) is 3.20. The number of aromatic nitrogens is 3. The third kappa shape index (κ3) is 4.87. The molecule has 0 amide bonds. The van der Waals surface area contributed by atoms with Crippen LogP contribution in [0.25, 0.3) is 0 Å². The minimum Gasteiger partial charge on any atom is -0.369 e. The number of nitrogens with zero attached hydrogens (tertiary/aromatic N) is 4. The van der Waals surface area contributed by atoms with E-state index in [1.54, 1.807) is 18.5 Å². The second-order valence-corrected chi connectivity index (χ2v) is 6.54. The van der Waals surface area contributed by atoms with Gasteiger partial charge in [-0.05, 0) is 30.2 Å². The van der Waals surface area contributed by atoms with E-state index in [0.717, 1.165) is 44.2 Å². The number of nitrogens with one attached hydrogen (secondary N) is 1. The van der Waals surface area contributed by atoms with Gasteiger partial charge >= 0.3 is 0 Å². The lowest BCUT2D eigenvalue weighted by atomic mass is 10.1. The van der Waals surface area contributed by atoms with Gasteiger partial charge in [0.25, 0.3) is 0 Å². The van der Waals surface area contributed by atoms with E-state index in [2.05, 4.69) is 50.5 Å². The highest BCUT2D eigenvalue weighted by atomic mass is 16.5. The molecule has 1 saturated heterocycles. The number of rotatable bonds is 6. The Morgan fingerprint density at radius 3 is 2.70 bits per heavy atom. The van der Waals surface area contributed by atoms with E-state index in [0.29, 0.717) is 5.95 Å². The minimum atomic E-state index is -0.0204. The Morgan fingerprint density at radius 2 is 1.85 bits per heavy atom. The van der Waals surface area contributed by atoms with E-state index in [4.69, 9.17) is 9.72 Å². The molecule has 1 aliphatic heterocycles. The summed E-state index contributed by atoms with van der Waals surface area (Å²) in [4.78, 5) is 15.5. The van der Waals surface area contributed by atoms with Gasteiger partial charge in [0.05, 0.1) is 12.3 Å². The molecule has 1 fully saturated rings. The highest BCUT2D eigenvalue weighted by molar-refractivity contribution is 5.47. The van der Waals surface area contributed by atoms with Crippen molar-refractivity contribution in [1.29, 1.82) is 0 Å². The number of hydrogen-bond donors (Lipinski definition) is 1. The monoisotopic (exact) mass is 361 g/mol. The summed E-state index contributed by atoms with van der Waals surface area (Å²) in [5, 5.41) is 3.14. The molecule has 1 aromatic carbocycles. The molecular formula is C21H23N5O. The van der Waals surface area contributed by atoms with E-state index >= 15 is 0 Å². The molecule has 6 nitrogen and oxygen atoms in total. The SMILES string of the molecule is c1ccc(CCN2CCO[C@@H](c3cccc(Nc4ncccn4)n3)C2)cc1. The first-order valence-electron chi connectivity index (χ1n) is 9.26.